The van der Waals surface area contributed by atoms with E-state index in [0.29, 0.717) is 19.4 Å². The van der Waals surface area contributed by atoms with Crippen LogP contribution >= 0.6 is 0 Å². The second-order valence-corrected chi connectivity index (χ2v) is 5.02. The summed E-state index contributed by atoms with van der Waals surface area (Å²) in [4.78, 5) is 12.1. The van der Waals surface area contributed by atoms with Gasteiger partial charge < -0.3 is 19.7 Å². The molecule has 0 aromatic carbocycles. The second-order valence-electron chi connectivity index (χ2n) is 5.02. The van der Waals surface area contributed by atoms with Gasteiger partial charge in [-0.25, -0.2) is 0 Å². The Labute approximate surface area is 101 Å². The summed E-state index contributed by atoms with van der Waals surface area (Å²) >= 11 is 0. The summed E-state index contributed by atoms with van der Waals surface area (Å²) in [5.41, 5.74) is -0.907. The van der Waals surface area contributed by atoms with Crippen molar-refractivity contribution in [1.29, 1.82) is 0 Å². The van der Waals surface area contributed by atoms with Gasteiger partial charge in [0.05, 0.1) is 17.6 Å². The molecule has 5 atom stereocenters. The van der Waals surface area contributed by atoms with E-state index in [1.807, 2.05) is 6.92 Å². The minimum Gasteiger partial charge on any atom is -0.436 e. The van der Waals surface area contributed by atoms with Crippen molar-refractivity contribution in [3.05, 3.63) is 0 Å². The first-order valence-electron chi connectivity index (χ1n) is 6.20. The third-order valence-corrected chi connectivity index (χ3v) is 4.04. The molecule has 2 aliphatic rings. The molecule has 0 heterocycles. The van der Waals surface area contributed by atoms with Crippen molar-refractivity contribution >= 4 is 5.97 Å². The highest BCUT2D eigenvalue weighted by Crippen LogP contribution is 2.54. The number of hydrogen-bond acceptors (Lipinski definition) is 5. The van der Waals surface area contributed by atoms with Crippen molar-refractivity contribution in [1.82, 2.24) is 0 Å². The quantitative estimate of drug-likeness (QED) is 0.554. The molecule has 0 amide bonds. The predicted octanol–water partition coefficient (Wildman–Crippen LogP) is 0.434. The van der Waals surface area contributed by atoms with E-state index in [4.69, 9.17) is 9.47 Å². The van der Waals surface area contributed by atoms with Gasteiger partial charge in [0.2, 0.25) is 0 Å². The number of aliphatic hydroxyl groups excluding tert-OH is 2. The predicted molar refractivity (Wildman–Crippen MR) is 59.0 cm³/mol. The van der Waals surface area contributed by atoms with Crippen LogP contribution < -0.4 is 0 Å². The fourth-order valence-electron chi connectivity index (χ4n) is 3.10. The number of ether oxygens (including phenoxy) is 2. The maximum absolute atomic E-state index is 12.1. The number of aliphatic hydroxyl groups is 2. The van der Waals surface area contributed by atoms with Crippen molar-refractivity contribution in [3.63, 3.8) is 0 Å². The van der Waals surface area contributed by atoms with E-state index in [1.165, 1.54) is 0 Å². The first-order valence-corrected chi connectivity index (χ1v) is 6.20. The summed E-state index contributed by atoms with van der Waals surface area (Å²) in [5.74, 6) is -0.412. The van der Waals surface area contributed by atoms with Gasteiger partial charge in [-0.3, -0.25) is 4.79 Å². The average molecular weight is 244 g/mol. The highest BCUT2D eigenvalue weighted by Gasteiger charge is 2.62. The van der Waals surface area contributed by atoms with Crippen molar-refractivity contribution in [2.45, 2.75) is 51.6 Å². The van der Waals surface area contributed by atoms with Gasteiger partial charge in [-0.1, -0.05) is 0 Å². The zero-order chi connectivity index (χ0) is 12.6. The Bertz CT molecular complexity index is 305. The van der Waals surface area contributed by atoms with E-state index in [9.17, 15) is 15.0 Å². The van der Waals surface area contributed by atoms with Crippen LogP contribution in [0.3, 0.4) is 0 Å². The molecule has 0 radical (unpaired) electrons. The van der Waals surface area contributed by atoms with Crippen LogP contribution in [0.25, 0.3) is 0 Å². The molecule has 2 fully saturated rings. The molecule has 2 bridgehead atoms. The van der Waals surface area contributed by atoms with Gasteiger partial charge in [-0.2, -0.15) is 0 Å². The van der Waals surface area contributed by atoms with Gasteiger partial charge in [0.25, 0.3) is 0 Å². The normalized spacial score (nSPS) is 41.5. The lowest BCUT2D eigenvalue weighted by Crippen LogP contribution is -2.46. The Balaban J connectivity index is 2.04. The van der Waals surface area contributed by atoms with E-state index in [1.54, 1.807) is 6.92 Å². The fourth-order valence-corrected chi connectivity index (χ4v) is 3.10. The molecule has 0 spiro atoms. The van der Waals surface area contributed by atoms with E-state index in [0.717, 1.165) is 6.42 Å². The molecule has 2 N–H and O–H groups in total. The van der Waals surface area contributed by atoms with Gasteiger partial charge in [0.15, 0.2) is 6.29 Å². The lowest BCUT2D eigenvalue weighted by Gasteiger charge is -2.32. The van der Waals surface area contributed by atoms with E-state index in [2.05, 4.69) is 0 Å². The molecule has 98 valence electrons. The molecular formula is C12H20O5. The number of esters is 1. The van der Waals surface area contributed by atoms with Crippen molar-refractivity contribution in [2.75, 3.05) is 6.61 Å². The molecule has 2 aliphatic carbocycles. The number of hydrogen-bond donors (Lipinski definition) is 2. The monoisotopic (exact) mass is 244 g/mol. The summed E-state index contributed by atoms with van der Waals surface area (Å²) in [6.45, 7) is 3.94. The molecule has 5 heteroatoms. The Kier molecular flexibility index (Phi) is 3.43. The maximum Gasteiger partial charge on any atom is 0.317 e. The minimum absolute atomic E-state index is 0.0277. The summed E-state index contributed by atoms with van der Waals surface area (Å²) < 4.78 is 10.3. The average Bonchev–Trinajstić information content (AvgIpc) is 2.81. The zero-order valence-electron chi connectivity index (χ0n) is 10.3. The Morgan fingerprint density at radius 1 is 1.53 bits per heavy atom. The molecule has 0 aromatic heterocycles. The van der Waals surface area contributed by atoms with Crippen molar-refractivity contribution < 1.29 is 24.5 Å². The van der Waals surface area contributed by atoms with Gasteiger partial charge in [-0.05, 0) is 39.0 Å². The number of fused-ring (bicyclic) bond motifs is 2. The largest absolute Gasteiger partial charge is 0.436 e. The summed E-state index contributed by atoms with van der Waals surface area (Å²) in [6.07, 6.45) is -0.510. The van der Waals surface area contributed by atoms with Crippen LogP contribution in [-0.4, -0.2) is 41.3 Å². The van der Waals surface area contributed by atoms with Gasteiger partial charge in [0.1, 0.15) is 0 Å². The Morgan fingerprint density at radius 2 is 2.24 bits per heavy atom. The molecular weight excluding hydrogens is 224 g/mol. The third-order valence-electron chi connectivity index (χ3n) is 4.04. The first-order chi connectivity index (χ1) is 8.01. The van der Waals surface area contributed by atoms with Crippen LogP contribution in [0.2, 0.25) is 0 Å². The highest BCUT2D eigenvalue weighted by atomic mass is 16.7. The molecule has 5 unspecified atom stereocenters. The van der Waals surface area contributed by atoms with Crippen LogP contribution in [0.15, 0.2) is 0 Å². The van der Waals surface area contributed by atoms with Crippen LogP contribution in [0.1, 0.15) is 33.1 Å². The van der Waals surface area contributed by atoms with E-state index >= 15 is 0 Å². The molecule has 2 saturated carbocycles. The summed E-state index contributed by atoms with van der Waals surface area (Å²) in [7, 11) is 0. The number of carbonyl (C=O) groups excluding carboxylic acids is 1. The molecule has 0 aromatic rings. The van der Waals surface area contributed by atoms with Crippen LogP contribution in [0.5, 0.6) is 0 Å². The van der Waals surface area contributed by atoms with E-state index in [-0.39, 0.29) is 5.92 Å². The van der Waals surface area contributed by atoms with Crippen molar-refractivity contribution in [2.24, 2.45) is 11.3 Å². The fraction of sp³-hybridized carbons (Fsp3) is 0.917. The second kappa shape index (κ2) is 4.55. The topological polar surface area (TPSA) is 76.0 Å². The third kappa shape index (κ3) is 1.96. The van der Waals surface area contributed by atoms with Crippen LogP contribution in [0, 0.1) is 11.3 Å². The maximum atomic E-state index is 12.1. The zero-order valence-corrected chi connectivity index (χ0v) is 10.3. The Hall–Kier alpha value is -0.650. The van der Waals surface area contributed by atoms with Crippen molar-refractivity contribution in [3.8, 4) is 0 Å². The Morgan fingerprint density at radius 3 is 2.76 bits per heavy atom. The lowest BCUT2D eigenvalue weighted by molar-refractivity contribution is -0.193. The standard InChI is InChI=1S/C12H20O5/c1-3-16-7(2)17-11(15)12-5-4-8(6-12)9(13)10(12)14/h7-10,13-14H,3-6H2,1-2H3. The van der Waals surface area contributed by atoms with Gasteiger partial charge >= 0.3 is 5.97 Å². The SMILES string of the molecule is CCOC(C)OC(=O)C12CCC(C1)C(O)C2O. The van der Waals surface area contributed by atoms with Crippen LogP contribution in [0.4, 0.5) is 0 Å². The first kappa shape index (κ1) is 12.8. The minimum atomic E-state index is -0.998. The number of carbonyl (C=O) groups is 1. The molecule has 0 saturated heterocycles. The smallest absolute Gasteiger partial charge is 0.317 e. The summed E-state index contributed by atoms with van der Waals surface area (Å²) in [6, 6.07) is 0. The molecule has 5 nitrogen and oxygen atoms in total. The van der Waals surface area contributed by atoms with E-state index < -0.39 is 29.9 Å². The highest BCUT2D eigenvalue weighted by molar-refractivity contribution is 5.79. The van der Waals surface area contributed by atoms with Gasteiger partial charge in [0, 0.05) is 6.61 Å². The molecule has 17 heavy (non-hydrogen) atoms. The van der Waals surface area contributed by atoms with Crippen LogP contribution in [-0.2, 0) is 14.3 Å². The molecule has 0 aliphatic heterocycles. The lowest BCUT2D eigenvalue weighted by atomic mass is 9.81. The summed E-state index contributed by atoms with van der Waals surface area (Å²) in [5, 5.41) is 19.7. The van der Waals surface area contributed by atoms with Gasteiger partial charge in [-0.15, -0.1) is 0 Å². The number of rotatable bonds is 4. The molecule has 2 rings (SSSR count).